The van der Waals surface area contributed by atoms with Crippen molar-refractivity contribution in [1.82, 2.24) is 14.9 Å². The van der Waals surface area contributed by atoms with Gasteiger partial charge in [-0.3, -0.25) is 5.32 Å². The summed E-state index contributed by atoms with van der Waals surface area (Å²) in [4.78, 5) is 24.7. The summed E-state index contributed by atoms with van der Waals surface area (Å²) in [5, 5.41) is 5.20. The van der Waals surface area contributed by atoms with Gasteiger partial charge in [0.1, 0.15) is 23.8 Å². The van der Waals surface area contributed by atoms with Crippen LogP contribution in [0.15, 0.2) is 36.7 Å². The first-order valence-corrected chi connectivity index (χ1v) is 7.69. The van der Waals surface area contributed by atoms with Crippen LogP contribution in [-0.4, -0.2) is 54.1 Å². The summed E-state index contributed by atoms with van der Waals surface area (Å²) in [6.07, 6.45) is 1.42. The predicted octanol–water partition coefficient (Wildman–Crippen LogP) is 2.01. The van der Waals surface area contributed by atoms with Gasteiger partial charge in [-0.15, -0.1) is 0 Å². The number of anilines is 3. The fraction of sp³-hybridized carbons (Fsp3) is 0.312. The molecule has 126 valence electrons. The number of benzene rings is 1. The van der Waals surface area contributed by atoms with Gasteiger partial charge in [-0.2, -0.15) is 0 Å². The first-order valence-electron chi connectivity index (χ1n) is 7.69. The monoisotopic (exact) mass is 330 g/mol. The molecule has 2 amide bonds. The first kappa shape index (κ1) is 16.1. The lowest BCUT2D eigenvalue weighted by Gasteiger charge is -2.33. The van der Waals surface area contributed by atoms with E-state index >= 15 is 0 Å². The maximum Gasteiger partial charge on any atom is 0.324 e. The highest BCUT2D eigenvalue weighted by Gasteiger charge is 2.16. The van der Waals surface area contributed by atoms with Gasteiger partial charge in [0, 0.05) is 37.9 Å². The molecule has 0 unspecified atom stereocenters. The number of likely N-dealkylation sites (N-methyl/N-ethyl adjacent to an activating group) is 1. The van der Waals surface area contributed by atoms with Crippen molar-refractivity contribution in [3.8, 4) is 0 Å². The molecule has 1 aliphatic heterocycles. The van der Waals surface area contributed by atoms with Crippen LogP contribution in [0.25, 0.3) is 0 Å². The molecule has 24 heavy (non-hydrogen) atoms. The number of nitrogens with zero attached hydrogens (tertiary/aromatic N) is 4. The van der Waals surface area contributed by atoms with E-state index in [2.05, 4.69) is 37.4 Å². The van der Waals surface area contributed by atoms with Crippen molar-refractivity contribution >= 4 is 23.4 Å². The molecule has 1 aliphatic rings. The van der Waals surface area contributed by atoms with E-state index in [1.807, 2.05) is 0 Å². The summed E-state index contributed by atoms with van der Waals surface area (Å²) in [7, 11) is 2.08. The summed E-state index contributed by atoms with van der Waals surface area (Å²) in [5.41, 5.74) is 0.376. The van der Waals surface area contributed by atoms with E-state index in [9.17, 15) is 9.18 Å². The van der Waals surface area contributed by atoms with Gasteiger partial charge in [0.05, 0.1) is 0 Å². The van der Waals surface area contributed by atoms with Crippen LogP contribution in [0.5, 0.6) is 0 Å². The minimum Gasteiger partial charge on any atom is -0.354 e. The Morgan fingerprint density at radius 3 is 2.67 bits per heavy atom. The van der Waals surface area contributed by atoms with Crippen LogP contribution >= 0.6 is 0 Å². The number of hydrogen-bond acceptors (Lipinski definition) is 5. The van der Waals surface area contributed by atoms with Crippen LogP contribution in [-0.2, 0) is 0 Å². The fourth-order valence-electron chi connectivity index (χ4n) is 2.47. The van der Waals surface area contributed by atoms with E-state index in [1.54, 1.807) is 12.1 Å². The standard InChI is InChI=1S/C16H19FN6O/c1-22-5-7-23(8-6-22)15-10-14(18-11-19-15)21-16(24)20-13-4-2-3-12(17)9-13/h2-4,9-11H,5-8H2,1H3,(H2,18,19,20,21,24). The Kier molecular flexibility index (Phi) is 4.85. The minimum absolute atomic E-state index is 0.376. The van der Waals surface area contributed by atoms with Crippen molar-refractivity contribution in [2.45, 2.75) is 0 Å². The molecule has 0 atom stereocenters. The fourth-order valence-corrected chi connectivity index (χ4v) is 2.47. The molecule has 2 aromatic rings. The molecule has 0 saturated carbocycles. The van der Waals surface area contributed by atoms with Gasteiger partial charge >= 0.3 is 6.03 Å². The van der Waals surface area contributed by atoms with Gasteiger partial charge < -0.3 is 15.1 Å². The molecular weight excluding hydrogens is 311 g/mol. The van der Waals surface area contributed by atoms with Gasteiger partial charge in [0.15, 0.2) is 0 Å². The average molecular weight is 330 g/mol. The number of hydrogen-bond donors (Lipinski definition) is 2. The van der Waals surface area contributed by atoms with Crippen molar-refractivity contribution in [2.24, 2.45) is 0 Å². The molecule has 7 nitrogen and oxygen atoms in total. The molecule has 2 heterocycles. The molecular formula is C16H19FN6O. The molecule has 0 radical (unpaired) electrons. The number of rotatable bonds is 3. The van der Waals surface area contributed by atoms with E-state index < -0.39 is 11.8 Å². The normalized spacial score (nSPS) is 15.2. The van der Waals surface area contributed by atoms with E-state index in [1.165, 1.54) is 24.5 Å². The summed E-state index contributed by atoms with van der Waals surface area (Å²) >= 11 is 0. The topological polar surface area (TPSA) is 73.4 Å². The zero-order valence-electron chi connectivity index (χ0n) is 13.4. The highest BCUT2D eigenvalue weighted by molar-refractivity contribution is 5.99. The molecule has 3 rings (SSSR count). The van der Waals surface area contributed by atoms with Crippen molar-refractivity contribution in [2.75, 3.05) is 48.8 Å². The Morgan fingerprint density at radius 1 is 1.12 bits per heavy atom. The highest BCUT2D eigenvalue weighted by atomic mass is 19.1. The third-order valence-corrected chi connectivity index (χ3v) is 3.80. The smallest absolute Gasteiger partial charge is 0.324 e. The third kappa shape index (κ3) is 4.17. The summed E-state index contributed by atoms with van der Waals surface area (Å²) in [6, 6.07) is 6.95. The maximum absolute atomic E-state index is 13.1. The highest BCUT2D eigenvalue weighted by Crippen LogP contribution is 2.16. The number of carbonyl (C=O) groups is 1. The van der Waals surface area contributed by atoms with Crippen LogP contribution in [0.1, 0.15) is 0 Å². The predicted molar refractivity (Wildman–Crippen MR) is 90.8 cm³/mol. The lowest BCUT2D eigenvalue weighted by molar-refractivity contribution is 0.262. The van der Waals surface area contributed by atoms with Crippen LogP contribution < -0.4 is 15.5 Å². The Balaban J connectivity index is 1.63. The molecule has 8 heteroatoms. The number of halogens is 1. The van der Waals surface area contributed by atoms with E-state index in [-0.39, 0.29) is 0 Å². The Morgan fingerprint density at radius 2 is 1.92 bits per heavy atom. The molecule has 1 fully saturated rings. The SMILES string of the molecule is CN1CCN(c2cc(NC(=O)Nc3cccc(F)c3)ncn2)CC1. The van der Waals surface area contributed by atoms with Crippen LogP contribution in [0.2, 0.25) is 0 Å². The summed E-state index contributed by atoms with van der Waals surface area (Å²) in [6.45, 7) is 3.69. The number of carbonyl (C=O) groups excluding carboxylic acids is 1. The van der Waals surface area contributed by atoms with E-state index in [0.717, 1.165) is 32.0 Å². The quantitative estimate of drug-likeness (QED) is 0.901. The molecule has 0 aliphatic carbocycles. The third-order valence-electron chi connectivity index (χ3n) is 3.80. The number of nitrogens with one attached hydrogen (secondary N) is 2. The second kappa shape index (κ2) is 7.22. The van der Waals surface area contributed by atoms with Crippen molar-refractivity contribution in [3.05, 3.63) is 42.5 Å². The van der Waals surface area contributed by atoms with Gasteiger partial charge in [-0.1, -0.05) is 6.07 Å². The van der Waals surface area contributed by atoms with Crippen molar-refractivity contribution < 1.29 is 9.18 Å². The molecule has 1 aromatic heterocycles. The van der Waals surface area contributed by atoms with Gasteiger partial charge in [0.25, 0.3) is 0 Å². The van der Waals surface area contributed by atoms with E-state index in [4.69, 9.17) is 0 Å². The van der Waals surface area contributed by atoms with E-state index in [0.29, 0.717) is 11.5 Å². The Hall–Kier alpha value is -2.74. The lowest BCUT2D eigenvalue weighted by Crippen LogP contribution is -2.44. The molecule has 1 aromatic carbocycles. The van der Waals surface area contributed by atoms with Gasteiger partial charge in [-0.25, -0.2) is 19.2 Å². The Bertz CT molecular complexity index is 717. The number of piperazine rings is 1. The number of aromatic nitrogens is 2. The maximum atomic E-state index is 13.1. The molecule has 1 saturated heterocycles. The molecule has 0 spiro atoms. The number of amides is 2. The minimum atomic E-state index is -0.483. The van der Waals surface area contributed by atoms with Crippen LogP contribution in [0, 0.1) is 5.82 Å². The Labute approximate surface area is 139 Å². The summed E-state index contributed by atoms with van der Waals surface area (Å²) < 4.78 is 13.1. The van der Waals surface area contributed by atoms with Crippen molar-refractivity contribution in [3.63, 3.8) is 0 Å². The average Bonchev–Trinajstić information content (AvgIpc) is 2.55. The van der Waals surface area contributed by atoms with Gasteiger partial charge in [-0.05, 0) is 25.2 Å². The zero-order valence-corrected chi connectivity index (χ0v) is 13.4. The second-order valence-corrected chi connectivity index (χ2v) is 5.64. The summed E-state index contributed by atoms with van der Waals surface area (Å²) in [5.74, 6) is 0.763. The van der Waals surface area contributed by atoms with Crippen LogP contribution in [0.3, 0.4) is 0 Å². The lowest BCUT2D eigenvalue weighted by atomic mass is 10.3. The largest absolute Gasteiger partial charge is 0.354 e. The van der Waals surface area contributed by atoms with Gasteiger partial charge in [0.2, 0.25) is 0 Å². The van der Waals surface area contributed by atoms with Crippen molar-refractivity contribution in [1.29, 1.82) is 0 Å². The second-order valence-electron chi connectivity index (χ2n) is 5.64. The zero-order chi connectivity index (χ0) is 16.9. The van der Waals surface area contributed by atoms with Crippen LogP contribution in [0.4, 0.5) is 26.5 Å². The molecule has 2 N–H and O–H groups in total. The molecule has 0 bridgehead atoms. The number of urea groups is 1. The first-order chi connectivity index (χ1) is 11.6.